The molecule has 0 unspecified atom stereocenters. The molecule has 1 aromatic rings. The zero-order chi connectivity index (χ0) is 14.0. The lowest BCUT2D eigenvalue weighted by atomic mass is 10.1. The van der Waals surface area contributed by atoms with E-state index in [1.807, 2.05) is 7.05 Å². The number of likely N-dealkylation sites (tertiary alicyclic amines) is 1. The van der Waals surface area contributed by atoms with Crippen molar-refractivity contribution in [3.8, 4) is 0 Å². The van der Waals surface area contributed by atoms with Crippen molar-refractivity contribution in [2.75, 3.05) is 25.9 Å². The van der Waals surface area contributed by atoms with Crippen LogP contribution in [0.5, 0.6) is 0 Å². The maximum absolute atomic E-state index is 13.3. The van der Waals surface area contributed by atoms with Crippen LogP contribution in [-0.4, -0.2) is 39.5 Å². The molecule has 2 rings (SSSR count). The van der Waals surface area contributed by atoms with Crippen molar-refractivity contribution < 1.29 is 12.8 Å². The van der Waals surface area contributed by atoms with Crippen molar-refractivity contribution >= 4 is 15.7 Å². The Bertz CT molecular complexity index is 554. The van der Waals surface area contributed by atoms with Crippen LogP contribution in [0.3, 0.4) is 0 Å². The topological polar surface area (TPSA) is 75.4 Å². The maximum Gasteiger partial charge on any atom is 0.240 e. The Balaban J connectivity index is 2.11. The van der Waals surface area contributed by atoms with Crippen LogP contribution in [0, 0.1) is 5.82 Å². The highest BCUT2D eigenvalue weighted by Crippen LogP contribution is 2.18. The monoisotopic (exact) mass is 287 g/mol. The van der Waals surface area contributed by atoms with Gasteiger partial charge in [0.25, 0.3) is 0 Å². The van der Waals surface area contributed by atoms with Gasteiger partial charge in [-0.1, -0.05) is 0 Å². The second-order valence-corrected chi connectivity index (χ2v) is 6.60. The Kier molecular flexibility index (Phi) is 4.07. The van der Waals surface area contributed by atoms with Crippen LogP contribution in [0.4, 0.5) is 10.1 Å². The largest absolute Gasteiger partial charge is 0.396 e. The molecule has 3 N–H and O–H groups in total. The van der Waals surface area contributed by atoms with Gasteiger partial charge in [0.05, 0.1) is 10.6 Å². The van der Waals surface area contributed by atoms with E-state index >= 15 is 0 Å². The third-order valence-corrected chi connectivity index (χ3v) is 4.84. The summed E-state index contributed by atoms with van der Waals surface area (Å²) in [5.74, 6) is -0.716. The van der Waals surface area contributed by atoms with Crippen LogP contribution in [0.2, 0.25) is 0 Å². The summed E-state index contributed by atoms with van der Waals surface area (Å²) in [5, 5.41) is 0. The highest BCUT2D eigenvalue weighted by molar-refractivity contribution is 7.89. The van der Waals surface area contributed by atoms with Crippen LogP contribution in [0.1, 0.15) is 12.8 Å². The number of anilines is 1. The summed E-state index contributed by atoms with van der Waals surface area (Å²) in [6, 6.07) is 3.43. The molecule has 1 aromatic carbocycles. The van der Waals surface area contributed by atoms with Crippen LogP contribution in [-0.2, 0) is 10.0 Å². The molecule has 0 aliphatic carbocycles. The van der Waals surface area contributed by atoms with E-state index in [9.17, 15) is 12.8 Å². The Hall–Kier alpha value is -1.18. The van der Waals surface area contributed by atoms with Gasteiger partial charge in [-0.3, -0.25) is 0 Å². The summed E-state index contributed by atoms with van der Waals surface area (Å²) >= 11 is 0. The number of benzene rings is 1. The minimum atomic E-state index is -3.68. The van der Waals surface area contributed by atoms with E-state index in [0.29, 0.717) is 0 Å². The lowest BCUT2D eigenvalue weighted by molar-refractivity contribution is 0.248. The van der Waals surface area contributed by atoms with Gasteiger partial charge < -0.3 is 10.6 Å². The summed E-state index contributed by atoms with van der Waals surface area (Å²) < 4.78 is 40.2. The van der Waals surface area contributed by atoms with Crippen molar-refractivity contribution in [2.45, 2.75) is 23.8 Å². The van der Waals surface area contributed by atoms with E-state index in [4.69, 9.17) is 5.73 Å². The zero-order valence-electron chi connectivity index (χ0n) is 10.8. The number of rotatable bonds is 3. The smallest absolute Gasteiger partial charge is 0.240 e. The first-order valence-electron chi connectivity index (χ1n) is 6.14. The van der Waals surface area contributed by atoms with Crippen molar-refractivity contribution in [1.82, 2.24) is 9.62 Å². The SMILES string of the molecule is CN1CCC(NS(=O)(=O)c2ccc(N)c(F)c2)CC1. The third kappa shape index (κ3) is 3.43. The maximum atomic E-state index is 13.3. The second kappa shape index (κ2) is 5.44. The number of nitrogens with two attached hydrogens (primary N) is 1. The average Bonchev–Trinajstić information content (AvgIpc) is 2.35. The fourth-order valence-electron chi connectivity index (χ4n) is 2.09. The molecule has 0 radical (unpaired) electrons. The van der Waals surface area contributed by atoms with Gasteiger partial charge in [-0.15, -0.1) is 0 Å². The fraction of sp³-hybridized carbons (Fsp3) is 0.500. The Morgan fingerprint density at radius 2 is 2.00 bits per heavy atom. The molecule has 1 heterocycles. The second-order valence-electron chi connectivity index (χ2n) is 4.88. The molecule has 1 aliphatic heterocycles. The number of piperidine rings is 1. The van der Waals surface area contributed by atoms with Crippen LogP contribution in [0.15, 0.2) is 23.1 Å². The van der Waals surface area contributed by atoms with E-state index < -0.39 is 15.8 Å². The van der Waals surface area contributed by atoms with Crippen molar-refractivity contribution in [3.63, 3.8) is 0 Å². The van der Waals surface area contributed by atoms with Gasteiger partial charge in [-0.2, -0.15) is 0 Å². The highest BCUT2D eigenvalue weighted by Gasteiger charge is 2.23. The molecule has 1 aliphatic rings. The quantitative estimate of drug-likeness (QED) is 0.806. The number of sulfonamides is 1. The molecule has 1 fully saturated rings. The molecule has 0 atom stereocenters. The van der Waals surface area contributed by atoms with Crippen molar-refractivity contribution in [2.24, 2.45) is 0 Å². The van der Waals surface area contributed by atoms with Gasteiger partial charge in [0.1, 0.15) is 5.82 Å². The molecular weight excluding hydrogens is 269 g/mol. The van der Waals surface area contributed by atoms with Gasteiger partial charge in [-0.05, 0) is 51.2 Å². The molecular formula is C12H18FN3O2S. The predicted molar refractivity (Wildman–Crippen MR) is 71.7 cm³/mol. The first-order valence-corrected chi connectivity index (χ1v) is 7.63. The number of nitrogen functional groups attached to an aromatic ring is 1. The predicted octanol–water partition coefficient (Wildman–Crippen LogP) is 0.780. The summed E-state index contributed by atoms with van der Waals surface area (Å²) in [4.78, 5) is 2.06. The molecule has 7 heteroatoms. The summed E-state index contributed by atoms with van der Waals surface area (Å²) in [7, 11) is -1.68. The highest BCUT2D eigenvalue weighted by atomic mass is 32.2. The Morgan fingerprint density at radius 1 is 1.37 bits per heavy atom. The molecule has 19 heavy (non-hydrogen) atoms. The molecule has 106 valence electrons. The Labute approximate surface area is 112 Å². The Morgan fingerprint density at radius 3 is 2.58 bits per heavy atom. The van der Waals surface area contributed by atoms with Crippen LogP contribution >= 0.6 is 0 Å². The average molecular weight is 287 g/mol. The standard InChI is InChI=1S/C12H18FN3O2S/c1-16-6-4-9(5-7-16)15-19(17,18)10-2-3-12(14)11(13)8-10/h2-3,8-9,15H,4-7,14H2,1H3. The third-order valence-electron chi connectivity index (χ3n) is 3.32. The number of hydrogen-bond donors (Lipinski definition) is 2. The van der Waals surface area contributed by atoms with E-state index in [1.54, 1.807) is 0 Å². The van der Waals surface area contributed by atoms with Crippen LogP contribution in [0.25, 0.3) is 0 Å². The molecule has 0 spiro atoms. The minimum absolute atomic E-state index is 0.0572. The van der Waals surface area contributed by atoms with Gasteiger partial charge in [-0.25, -0.2) is 17.5 Å². The number of nitrogens with zero attached hydrogens (tertiary/aromatic N) is 1. The van der Waals surface area contributed by atoms with Gasteiger partial charge >= 0.3 is 0 Å². The molecule has 0 bridgehead atoms. The van der Waals surface area contributed by atoms with Gasteiger partial charge in [0.2, 0.25) is 10.0 Å². The fourth-order valence-corrected chi connectivity index (χ4v) is 3.41. The molecule has 5 nitrogen and oxygen atoms in total. The minimum Gasteiger partial charge on any atom is -0.396 e. The molecule has 0 aromatic heterocycles. The van der Waals surface area contributed by atoms with E-state index in [0.717, 1.165) is 32.0 Å². The number of halogens is 1. The van der Waals surface area contributed by atoms with Gasteiger partial charge in [0, 0.05) is 6.04 Å². The van der Waals surface area contributed by atoms with E-state index in [2.05, 4.69) is 9.62 Å². The van der Waals surface area contributed by atoms with Gasteiger partial charge in [0.15, 0.2) is 0 Å². The van der Waals surface area contributed by atoms with Crippen molar-refractivity contribution in [1.29, 1.82) is 0 Å². The lowest BCUT2D eigenvalue weighted by Gasteiger charge is -2.29. The van der Waals surface area contributed by atoms with Crippen LogP contribution < -0.4 is 10.5 Å². The summed E-state index contributed by atoms with van der Waals surface area (Å²) in [6.07, 6.45) is 1.51. The first-order chi connectivity index (χ1) is 8.88. The van der Waals surface area contributed by atoms with Crippen molar-refractivity contribution in [3.05, 3.63) is 24.0 Å². The zero-order valence-corrected chi connectivity index (χ0v) is 11.6. The summed E-state index contributed by atoms with van der Waals surface area (Å²) in [5.41, 5.74) is 5.28. The van der Waals surface area contributed by atoms with E-state index in [1.165, 1.54) is 12.1 Å². The molecule has 0 saturated carbocycles. The number of nitrogens with one attached hydrogen (secondary N) is 1. The number of hydrogen-bond acceptors (Lipinski definition) is 4. The summed E-state index contributed by atoms with van der Waals surface area (Å²) in [6.45, 7) is 1.70. The van der Waals surface area contributed by atoms with E-state index in [-0.39, 0.29) is 16.6 Å². The molecule has 0 amide bonds. The first kappa shape index (κ1) is 14.2. The molecule has 1 saturated heterocycles. The normalized spacial score (nSPS) is 18.6. The lowest BCUT2D eigenvalue weighted by Crippen LogP contribution is -2.43.